The van der Waals surface area contributed by atoms with Gasteiger partial charge in [-0.05, 0) is 74.2 Å². The number of allylic oxidation sites excluding steroid dienone is 3. The van der Waals surface area contributed by atoms with Gasteiger partial charge >= 0.3 is 0 Å². The molecule has 0 fully saturated rings. The Balaban J connectivity index is 2.36. The van der Waals surface area contributed by atoms with Crippen molar-refractivity contribution in [1.29, 1.82) is 0 Å². The van der Waals surface area contributed by atoms with Crippen LogP contribution in [0.25, 0.3) is 6.08 Å². The van der Waals surface area contributed by atoms with E-state index < -0.39 is 0 Å². The predicted molar refractivity (Wildman–Crippen MR) is 136 cm³/mol. The molecule has 0 unspecified atom stereocenters. The normalized spacial score (nSPS) is 10.8. The lowest BCUT2D eigenvalue weighted by molar-refractivity contribution is 0.104. The molecule has 0 saturated carbocycles. The number of hydrogen-bond acceptors (Lipinski definition) is 4. The first-order valence-electron chi connectivity index (χ1n) is 11.7. The van der Waals surface area contributed by atoms with E-state index in [9.17, 15) is 4.79 Å². The zero-order chi connectivity index (χ0) is 24.1. The molecule has 0 saturated heterocycles. The van der Waals surface area contributed by atoms with E-state index in [2.05, 4.69) is 27.0 Å². The first kappa shape index (κ1) is 26.0. The lowest BCUT2D eigenvalue weighted by atomic mass is 10.0. The molecule has 0 heterocycles. The molecule has 0 aliphatic rings. The second-order valence-corrected chi connectivity index (χ2v) is 7.89. The van der Waals surface area contributed by atoms with Crippen LogP contribution in [-0.2, 0) is 6.42 Å². The average Bonchev–Trinajstić information content (AvgIpc) is 2.80. The number of carbonyl (C=O) groups is 1. The van der Waals surface area contributed by atoms with Crippen molar-refractivity contribution in [3.63, 3.8) is 0 Å². The van der Waals surface area contributed by atoms with E-state index in [-0.39, 0.29) is 5.78 Å². The first-order valence-corrected chi connectivity index (χ1v) is 11.7. The van der Waals surface area contributed by atoms with E-state index in [0.717, 1.165) is 48.3 Å². The van der Waals surface area contributed by atoms with Crippen LogP contribution < -0.4 is 14.2 Å². The second-order valence-electron chi connectivity index (χ2n) is 7.89. The molecule has 33 heavy (non-hydrogen) atoms. The van der Waals surface area contributed by atoms with Crippen LogP contribution in [0.15, 0.2) is 67.5 Å². The summed E-state index contributed by atoms with van der Waals surface area (Å²) in [6.45, 7) is 14.9. The summed E-state index contributed by atoms with van der Waals surface area (Å²) in [5, 5.41) is 0. The van der Waals surface area contributed by atoms with Gasteiger partial charge in [-0.2, -0.15) is 0 Å². The van der Waals surface area contributed by atoms with Gasteiger partial charge in [0.1, 0.15) is 17.2 Å². The molecule has 176 valence electrons. The van der Waals surface area contributed by atoms with E-state index >= 15 is 0 Å². The van der Waals surface area contributed by atoms with Crippen molar-refractivity contribution < 1.29 is 19.0 Å². The van der Waals surface area contributed by atoms with E-state index in [1.807, 2.05) is 18.2 Å². The second kappa shape index (κ2) is 14.0. The summed E-state index contributed by atoms with van der Waals surface area (Å²) in [7, 11) is 0. The molecule has 0 spiro atoms. The Morgan fingerprint density at radius 3 is 2.24 bits per heavy atom. The van der Waals surface area contributed by atoms with E-state index in [1.165, 1.54) is 0 Å². The molecule has 0 aromatic heterocycles. The van der Waals surface area contributed by atoms with Gasteiger partial charge in [-0.1, -0.05) is 45.4 Å². The highest BCUT2D eigenvalue weighted by Gasteiger charge is 2.15. The van der Waals surface area contributed by atoms with Gasteiger partial charge in [0.05, 0.1) is 24.5 Å². The lowest BCUT2D eigenvalue weighted by Crippen LogP contribution is -2.05. The van der Waals surface area contributed by atoms with Gasteiger partial charge in [-0.3, -0.25) is 4.79 Å². The monoisotopic (exact) mass is 448 g/mol. The van der Waals surface area contributed by atoms with Crippen LogP contribution in [0.3, 0.4) is 0 Å². The molecule has 4 heteroatoms. The molecule has 2 aromatic rings. The smallest absolute Gasteiger partial charge is 0.185 e. The molecule has 0 N–H and O–H groups in total. The minimum atomic E-state index is -0.106. The number of rotatable bonds is 15. The minimum absolute atomic E-state index is 0.106. The highest BCUT2D eigenvalue weighted by Crippen LogP contribution is 2.35. The van der Waals surface area contributed by atoms with Crippen molar-refractivity contribution in [3.05, 3.63) is 84.2 Å². The molecule has 0 amide bonds. The quantitative estimate of drug-likeness (QED) is 0.0926. The Labute approximate surface area is 198 Å². The third kappa shape index (κ3) is 8.30. The number of carbonyl (C=O) groups excluding carboxylic acids is 1. The Bertz CT molecular complexity index is 954. The maximum Gasteiger partial charge on any atom is 0.185 e. The first-order chi connectivity index (χ1) is 16.0. The summed E-state index contributed by atoms with van der Waals surface area (Å²) in [6, 6.07) is 11.0. The molecule has 0 atom stereocenters. The van der Waals surface area contributed by atoms with Crippen LogP contribution >= 0.6 is 0 Å². The maximum atomic E-state index is 12.9. The highest BCUT2D eigenvalue weighted by molar-refractivity contribution is 6.07. The number of ether oxygens (including phenoxy) is 3. The van der Waals surface area contributed by atoms with Crippen molar-refractivity contribution in [1.82, 2.24) is 0 Å². The average molecular weight is 449 g/mol. The van der Waals surface area contributed by atoms with Crippen molar-refractivity contribution in [2.45, 2.75) is 52.9 Å². The standard InChI is InChI=1S/C29H36O4/c1-6-9-20-31-28-19-14-24(11-8-3)29(32-21-10-7-2)26(28)17-18-27(30)23-12-15-25(16-13-23)33-22(4)5/h8,12-19H,3-4,6-7,9-11,20-21H2,1-2,5H3/b18-17+. The fourth-order valence-corrected chi connectivity index (χ4v) is 3.19. The van der Waals surface area contributed by atoms with Crippen molar-refractivity contribution in [2.24, 2.45) is 0 Å². The molecule has 0 aliphatic carbocycles. The van der Waals surface area contributed by atoms with Gasteiger partial charge in [0.15, 0.2) is 5.78 Å². The summed E-state index contributed by atoms with van der Waals surface area (Å²) >= 11 is 0. The summed E-state index contributed by atoms with van der Waals surface area (Å²) in [6.07, 6.45) is 9.90. The van der Waals surface area contributed by atoms with Crippen molar-refractivity contribution in [2.75, 3.05) is 13.2 Å². The Morgan fingerprint density at radius 1 is 0.970 bits per heavy atom. The van der Waals surface area contributed by atoms with Crippen LogP contribution in [0.4, 0.5) is 0 Å². The molecular weight excluding hydrogens is 412 g/mol. The molecule has 0 radical (unpaired) electrons. The third-order valence-electron chi connectivity index (χ3n) is 4.93. The summed E-state index contributed by atoms with van der Waals surface area (Å²) in [5.74, 6) is 2.62. The van der Waals surface area contributed by atoms with Gasteiger partial charge in [0.25, 0.3) is 0 Å². The van der Waals surface area contributed by atoms with Crippen molar-refractivity contribution in [3.8, 4) is 17.2 Å². The maximum absolute atomic E-state index is 12.9. The third-order valence-corrected chi connectivity index (χ3v) is 4.93. The Hall–Kier alpha value is -3.27. The SMILES string of the molecule is C=CCc1ccc(OCCCC)c(/C=C/C(=O)c2ccc(OC(=C)C)cc2)c1OCCCC. The Kier molecular flexibility index (Phi) is 11.0. The van der Waals surface area contributed by atoms with Gasteiger partial charge in [0.2, 0.25) is 0 Å². The van der Waals surface area contributed by atoms with E-state index in [1.54, 1.807) is 43.3 Å². The highest BCUT2D eigenvalue weighted by atomic mass is 16.5. The topological polar surface area (TPSA) is 44.8 Å². The summed E-state index contributed by atoms with van der Waals surface area (Å²) in [5.41, 5.74) is 2.39. The van der Waals surface area contributed by atoms with Crippen LogP contribution in [0.1, 0.15) is 67.9 Å². The van der Waals surface area contributed by atoms with E-state index in [4.69, 9.17) is 14.2 Å². The fourth-order valence-electron chi connectivity index (χ4n) is 3.19. The van der Waals surface area contributed by atoms with Crippen molar-refractivity contribution >= 4 is 11.9 Å². The number of ketones is 1. The fraction of sp³-hybridized carbons (Fsp3) is 0.345. The van der Waals surface area contributed by atoms with Crippen LogP contribution in [-0.4, -0.2) is 19.0 Å². The van der Waals surface area contributed by atoms with E-state index in [0.29, 0.717) is 36.7 Å². The van der Waals surface area contributed by atoms with Crippen LogP contribution in [0, 0.1) is 0 Å². The summed E-state index contributed by atoms with van der Waals surface area (Å²) in [4.78, 5) is 12.9. The zero-order valence-corrected chi connectivity index (χ0v) is 20.2. The number of hydrogen-bond donors (Lipinski definition) is 0. The van der Waals surface area contributed by atoms with Crippen LogP contribution in [0.5, 0.6) is 17.2 Å². The van der Waals surface area contributed by atoms with Gasteiger partial charge < -0.3 is 14.2 Å². The minimum Gasteiger partial charge on any atom is -0.493 e. The number of unbranched alkanes of at least 4 members (excludes halogenated alkanes) is 2. The van der Waals surface area contributed by atoms with Gasteiger partial charge in [0, 0.05) is 5.56 Å². The molecule has 2 rings (SSSR count). The Morgan fingerprint density at radius 2 is 1.64 bits per heavy atom. The lowest BCUT2D eigenvalue weighted by Gasteiger charge is -2.17. The molecule has 0 bridgehead atoms. The number of benzene rings is 2. The van der Waals surface area contributed by atoms with Gasteiger partial charge in [-0.25, -0.2) is 0 Å². The molecule has 2 aromatic carbocycles. The summed E-state index contributed by atoms with van der Waals surface area (Å²) < 4.78 is 17.7. The predicted octanol–water partition coefficient (Wildman–Crippen LogP) is 7.58. The van der Waals surface area contributed by atoms with Crippen LogP contribution in [0.2, 0.25) is 0 Å². The zero-order valence-electron chi connectivity index (χ0n) is 20.2. The molecular formula is C29H36O4. The molecule has 4 nitrogen and oxygen atoms in total. The largest absolute Gasteiger partial charge is 0.493 e. The molecule has 0 aliphatic heterocycles. The van der Waals surface area contributed by atoms with Gasteiger partial charge in [-0.15, -0.1) is 6.58 Å².